The Hall–Kier alpha value is -2.42. The Bertz CT molecular complexity index is 649. The number of carbonyl (C=O) groups is 2. The Kier molecular flexibility index (Phi) is 7.56. The highest BCUT2D eigenvalue weighted by Gasteiger charge is 2.24. The Balaban J connectivity index is 1.79. The van der Waals surface area contributed by atoms with E-state index in [9.17, 15) is 9.59 Å². The molecule has 0 unspecified atom stereocenters. The largest absolute Gasteiger partial charge is 0.528 e. The zero-order valence-electron chi connectivity index (χ0n) is 17.4. The number of nitrogens with zero attached hydrogens (tertiary/aromatic N) is 4. The minimum atomic E-state index is -0.700. The zero-order chi connectivity index (χ0) is 20.7. The predicted molar refractivity (Wildman–Crippen MR) is 105 cm³/mol. The second kappa shape index (κ2) is 9.68. The summed E-state index contributed by atoms with van der Waals surface area (Å²) in [7, 11) is 0. The SMILES string of the molecule is CC(C)CCNC(=O)c1ccc(N2CCN(OC(=O)OC(C)(C)C)CC2)nn1. The third-order valence-electron chi connectivity index (χ3n) is 4.05. The number of piperazine rings is 1. The van der Waals surface area contributed by atoms with Gasteiger partial charge in [0.1, 0.15) is 5.60 Å². The van der Waals surface area contributed by atoms with Crippen molar-refractivity contribution in [3.63, 3.8) is 0 Å². The molecule has 1 aliphatic rings. The van der Waals surface area contributed by atoms with E-state index >= 15 is 0 Å². The van der Waals surface area contributed by atoms with Gasteiger partial charge in [0.15, 0.2) is 11.5 Å². The van der Waals surface area contributed by atoms with Crippen LogP contribution in [0.2, 0.25) is 0 Å². The van der Waals surface area contributed by atoms with E-state index in [0.29, 0.717) is 50.2 Å². The highest BCUT2D eigenvalue weighted by atomic mass is 16.8. The average molecular weight is 393 g/mol. The van der Waals surface area contributed by atoms with Crippen molar-refractivity contribution in [2.75, 3.05) is 37.6 Å². The maximum Gasteiger partial charge on any atom is 0.528 e. The lowest BCUT2D eigenvalue weighted by molar-refractivity contribution is -0.144. The van der Waals surface area contributed by atoms with Gasteiger partial charge in [0.25, 0.3) is 5.91 Å². The molecule has 1 N–H and O–H groups in total. The molecule has 156 valence electrons. The number of hydrogen-bond donors (Lipinski definition) is 1. The van der Waals surface area contributed by atoms with Crippen molar-refractivity contribution >= 4 is 17.9 Å². The van der Waals surface area contributed by atoms with Crippen LogP contribution in [0, 0.1) is 5.92 Å². The first-order valence-corrected chi connectivity index (χ1v) is 9.67. The third-order valence-corrected chi connectivity index (χ3v) is 4.05. The number of rotatable bonds is 6. The lowest BCUT2D eigenvalue weighted by Gasteiger charge is -2.33. The summed E-state index contributed by atoms with van der Waals surface area (Å²) >= 11 is 0. The molecule has 0 aromatic carbocycles. The molecule has 1 fully saturated rings. The summed E-state index contributed by atoms with van der Waals surface area (Å²) in [5.41, 5.74) is -0.281. The number of nitrogens with one attached hydrogen (secondary N) is 1. The molecule has 2 rings (SSSR count). The van der Waals surface area contributed by atoms with Crippen LogP contribution in [0.25, 0.3) is 0 Å². The normalized spacial score (nSPS) is 15.4. The molecule has 1 aliphatic heterocycles. The van der Waals surface area contributed by atoms with Crippen LogP contribution in [0.3, 0.4) is 0 Å². The molecular weight excluding hydrogens is 362 g/mol. The number of amides is 1. The van der Waals surface area contributed by atoms with Gasteiger partial charge in [-0.15, -0.1) is 15.3 Å². The predicted octanol–water partition coefficient (Wildman–Crippen LogP) is 2.24. The summed E-state index contributed by atoms with van der Waals surface area (Å²) in [6, 6.07) is 3.46. The summed E-state index contributed by atoms with van der Waals surface area (Å²) < 4.78 is 5.15. The van der Waals surface area contributed by atoms with Gasteiger partial charge in [0.2, 0.25) is 0 Å². The topological polar surface area (TPSA) is 96.9 Å². The first-order valence-electron chi connectivity index (χ1n) is 9.67. The Morgan fingerprint density at radius 2 is 1.82 bits per heavy atom. The van der Waals surface area contributed by atoms with E-state index in [-0.39, 0.29) is 5.91 Å². The molecule has 1 aromatic heterocycles. The standard InChI is InChI=1S/C19H31N5O4/c1-14(2)8-9-20-17(25)15-6-7-16(22-21-15)23-10-12-24(13-11-23)28-18(26)27-19(3,4)5/h6-7,14H,8-13H2,1-5H3,(H,20,25). The van der Waals surface area contributed by atoms with Gasteiger partial charge in [-0.2, -0.15) is 0 Å². The summed E-state index contributed by atoms with van der Waals surface area (Å²) in [5.74, 6) is 1.01. The molecule has 9 nitrogen and oxygen atoms in total. The Labute approximate surface area is 166 Å². The van der Waals surface area contributed by atoms with E-state index in [1.807, 2.05) is 4.90 Å². The number of ether oxygens (including phenoxy) is 1. The molecule has 1 amide bonds. The van der Waals surface area contributed by atoms with E-state index < -0.39 is 11.8 Å². The number of carbonyl (C=O) groups excluding carboxylic acids is 2. The van der Waals surface area contributed by atoms with Crippen LogP contribution in [-0.2, 0) is 9.57 Å². The molecule has 1 aromatic rings. The van der Waals surface area contributed by atoms with Gasteiger partial charge in [-0.05, 0) is 45.2 Å². The number of aromatic nitrogens is 2. The van der Waals surface area contributed by atoms with Crippen LogP contribution in [-0.4, -0.2) is 65.6 Å². The minimum absolute atomic E-state index is 0.213. The van der Waals surface area contributed by atoms with Crippen LogP contribution >= 0.6 is 0 Å². The maximum absolute atomic E-state index is 12.1. The molecule has 0 saturated carbocycles. The summed E-state index contributed by atoms with van der Waals surface area (Å²) in [6.07, 6.45) is 0.223. The number of anilines is 1. The number of hydroxylamine groups is 2. The quantitative estimate of drug-likeness (QED) is 0.735. The molecule has 2 heterocycles. The van der Waals surface area contributed by atoms with Crippen LogP contribution in [0.5, 0.6) is 0 Å². The van der Waals surface area contributed by atoms with Crippen molar-refractivity contribution in [2.45, 2.75) is 46.6 Å². The summed E-state index contributed by atoms with van der Waals surface area (Å²) in [4.78, 5) is 31.0. The van der Waals surface area contributed by atoms with Crippen molar-refractivity contribution in [3.8, 4) is 0 Å². The van der Waals surface area contributed by atoms with Gasteiger partial charge in [0, 0.05) is 19.6 Å². The van der Waals surface area contributed by atoms with Crippen molar-refractivity contribution < 1.29 is 19.2 Å². The van der Waals surface area contributed by atoms with E-state index in [2.05, 4.69) is 29.4 Å². The van der Waals surface area contributed by atoms with Gasteiger partial charge >= 0.3 is 6.16 Å². The highest BCUT2D eigenvalue weighted by molar-refractivity contribution is 5.92. The molecule has 0 spiro atoms. The fraction of sp³-hybridized carbons (Fsp3) is 0.684. The third kappa shape index (κ3) is 7.30. The van der Waals surface area contributed by atoms with Gasteiger partial charge in [-0.1, -0.05) is 13.8 Å². The van der Waals surface area contributed by atoms with Crippen LogP contribution in [0.15, 0.2) is 12.1 Å². The molecule has 28 heavy (non-hydrogen) atoms. The van der Waals surface area contributed by atoms with Crippen molar-refractivity contribution in [2.24, 2.45) is 5.92 Å². The van der Waals surface area contributed by atoms with Crippen molar-refractivity contribution in [3.05, 3.63) is 17.8 Å². The maximum atomic E-state index is 12.1. The minimum Gasteiger partial charge on any atom is -0.427 e. The monoisotopic (exact) mass is 393 g/mol. The average Bonchev–Trinajstić information content (AvgIpc) is 2.60. The van der Waals surface area contributed by atoms with Gasteiger partial charge in [0.05, 0.1) is 13.1 Å². The first-order chi connectivity index (χ1) is 13.1. The zero-order valence-corrected chi connectivity index (χ0v) is 17.4. The molecule has 0 aliphatic carbocycles. The lowest BCUT2D eigenvalue weighted by atomic mass is 10.1. The summed E-state index contributed by atoms with van der Waals surface area (Å²) in [6.45, 7) is 12.5. The van der Waals surface area contributed by atoms with Gasteiger partial charge in [-0.3, -0.25) is 4.79 Å². The van der Waals surface area contributed by atoms with Crippen molar-refractivity contribution in [1.29, 1.82) is 0 Å². The molecule has 0 radical (unpaired) electrons. The molecule has 0 bridgehead atoms. The highest BCUT2D eigenvalue weighted by Crippen LogP contribution is 2.14. The molecule has 1 saturated heterocycles. The summed E-state index contributed by atoms with van der Waals surface area (Å²) in [5, 5.41) is 12.6. The second-order valence-electron chi connectivity index (χ2n) is 8.19. The van der Waals surface area contributed by atoms with Crippen LogP contribution < -0.4 is 10.2 Å². The fourth-order valence-electron chi connectivity index (χ4n) is 2.56. The second-order valence-corrected chi connectivity index (χ2v) is 8.19. The number of hydrogen-bond acceptors (Lipinski definition) is 8. The Morgan fingerprint density at radius 3 is 2.36 bits per heavy atom. The van der Waals surface area contributed by atoms with Crippen LogP contribution in [0.1, 0.15) is 51.5 Å². The smallest absolute Gasteiger partial charge is 0.427 e. The molecule has 9 heteroatoms. The van der Waals surface area contributed by atoms with E-state index in [0.717, 1.165) is 6.42 Å². The fourth-order valence-corrected chi connectivity index (χ4v) is 2.56. The van der Waals surface area contributed by atoms with Crippen molar-refractivity contribution in [1.82, 2.24) is 20.6 Å². The lowest BCUT2D eigenvalue weighted by Crippen LogP contribution is -2.47. The van der Waals surface area contributed by atoms with E-state index in [4.69, 9.17) is 9.57 Å². The van der Waals surface area contributed by atoms with Gasteiger partial charge in [-0.25, -0.2) is 4.79 Å². The molecular formula is C19H31N5O4. The van der Waals surface area contributed by atoms with E-state index in [1.54, 1.807) is 38.0 Å². The Morgan fingerprint density at radius 1 is 1.14 bits per heavy atom. The first kappa shape index (κ1) is 21.9. The van der Waals surface area contributed by atoms with Crippen LogP contribution in [0.4, 0.5) is 10.6 Å². The van der Waals surface area contributed by atoms with E-state index in [1.165, 1.54) is 0 Å². The molecule has 0 atom stereocenters. The van der Waals surface area contributed by atoms with Gasteiger partial charge < -0.3 is 19.8 Å².